The van der Waals surface area contributed by atoms with Crippen LogP contribution in [0.4, 0.5) is 34.1 Å². The molecule has 2 N–H and O–H groups in total. The maximum absolute atomic E-state index is 13.4. The monoisotopic (exact) mass is 1160 g/mol. The largest absolute Gasteiger partial charge is 1.00 e. The molecule has 1 atom stereocenters. The number of azo groups is 3. The van der Waals surface area contributed by atoms with Gasteiger partial charge in [0, 0.05) is 5.39 Å². The molecular weight excluding hydrogens is 1130 g/mol. The van der Waals surface area contributed by atoms with Crippen LogP contribution in [-0.2, 0) is 45.3 Å². The number of rotatable bonds is 14. The quantitative estimate of drug-likeness (QED) is 0.0588. The summed E-state index contributed by atoms with van der Waals surface area (Å²) in [6.45, 7) is 1.47. The molecule has 0 aromatic heterocycles. The number of methoxy groups -OCH3 is 2. The van der Waals surface area contributed by atoms with E-state index >= 15 is 0 Å². The molecule has 0 aliphatic carbocycles. The number of anilines is 1. The molecule has 1 amide bonds. The van der Waals surface area contributed by atoms with Crippen molar-refractivity contribution in [2.45, 2.75) is 32.5 Å². The summed E-state index contributed by atoms with van der Waals surface area (Å²) in [4.78, 5) is 9.29. The Hall–Kier alpha value is -4.16. The Labute approximate surface area is 526 Å². The van der Waals surface area contributed by atoms with Crippen LogP contribution in [0.5, 0.6) is 23.0 Å². The number of fused-ring (bicyclic) bond motifs is 2. The standard InChI is InChI=1S/C44H34N8O17S4.4Na/c1-22-39(44(55)52(51-22)27-7-5-4-6-8-27)48-47-33-21-29(71(59,60)61)16-26-20-36(72(62,63)64)41(43(54)38(26)33)50-46-32-14-10-24(18-35(32)69-3)23-9-13-31(34(17-23)68-2)45-49-40-30-12-11-28(70(56,57)58)15-25(30)19-37(42(40)53)73(65,66)67;;;;/h4-21,39,53-54H,1-3H3,(H,56,57,58)(H,59,60,61)(H,62,63,64)(H,65,66,67);;;;/q;4*+1/p-4. The molecule has 1 aliphatic heterocycles. The molecule has 25 nitrogen and oxygen atoms in total. The maximum atomic E-state index is 13.4. The van der Waals surface area contributed by atoms with Gasteiger partial charge in [0.05, 0.1) is 56.3 Å². The van der Waals surface area contributed by atoms with E-state index in [1.54, 1.807) is 30.3 Å². The van der Waals surface area contributed by atoms with Gasteiger partial charge in [-0.15, -0.1) is 20.5 Å². The van der Waals surface area contributed by atoms with Crippen LogP contribution >= 0.6 is 0 Å². The Morgan fingerprint density at radius 2 is 1.06 bits per heavy atom. The minimum atomic E-state index is -5.55. The zero-order chi connectivity index (χ0) is 52.9. The van der Waals surface area contributed by atoms with Gasteiger partial charge >= 0.3 is 118 Å². The van der Waals surface area contributed by atoms with Gasteiger partial charge < -0.3 is 37.9 Å². The van der Waals surface area contributed by atoms with E-state index in [-0.39, 0.29) is 158 Å². The molecule has 77 heavy (non-hydrogen) atoms. The average Bonchev–Trinajstić information content (AvgIpc) is 3.62. The van der Waals surface area contributed by atoms with Crippen LogP contribution in [-0.4, -0.2) is 94.0 Å². The van der Waals surface area contributed by atoms with E-state index in [1.165, 1.54) is 57.5 Å². The summed E-state index contributed by atoms with van der Waals surface area (Å²) in [5, 5.41) is 50.5. The second kappa shape index (κ2) is 25.5. The molecule has 0 spiro atoms. The fraction of sp³-hybridized carbons (Fsp3) is 0.0909. The number of hydrazone groups is 1. The number of phenolic OH excluding ortho intramolecular Hbond substituents is 2. The molecule has 0 radical (unpaired) electrons. The van der Waals surface area contributed by atoms with Crippen molar-refractivity contribution in [2.24, 2.45) is 35.8 Å². The molecule has 0 fully saturated rings. The molecule has 8 rings (SSSR count). The number of nitrogens with zero attached hydrogens (tertiary/aromatic N) is 8. The Morgan fingerprint density at radius 3 is 1.58 bits per heavy atom. The minimum Gasteiger partial charge on any atom is -0.744 e. The maximum Gasteiger partial charge on any atom is 1.00 e. The van der Waals surface area contributed by atoms with Crippen LogP contribution < -0.4 is 133 Å². The molecule has 1 heterocycles. The Balaban J connectivity index is 0.00000320. The summed E-state index contributed by atoms with van der Waals surface area (Å²) >= 11 is 0. The first-order chi connectivity index (χ1) is 34.3. The molecule has 376 valence electrons. The van der Waals surface area contributed by atoms with Gasteiger partial charge in [0.2, 0.25) is 0 Å². The molecule has 1 unspecified atom stereocenters. The molecule has 0 bridgehead atoms. The summed E-state index contributed by atoms with van der Waals surface area (Å²) in [5.41, 5.74) is -0.763. The van der Waals surface area contributed by atoms with Gasteiger partial charge in [0.25, 0.3) is 5.91 Å². The molecule has 7 aromatic carbocycles. The van der Waals surface area contributed by atoms with E-state index in [0.717, 1.165) is 23.2 Å². The first-order valence-corrected chi connectivity index (χ1v) is 25.9. The topological polar surface area (TPSA) is 395 Å². The molecule has 7 aromatic rings. The number of aromatic hydroxyl groups is 2. The van der Waals surface area contributed by atoms with E-state index in [1.807, 2.05) is 0 Å². The fourth-order valence-electron chi connectivity index (χ4n) is 7.38. The summed E-state index contributed by atoms with van der Waals surface area (Å²) < 4.78 is 157. The van der Waals surface area contributed by atoms with Crippen LogP contribution in [0.3, 0.4) is 0 Å². The Kier molecular flexibility index (Phi) is 21.7. The third-order valence-corrected chi connectivity index (χ3v) is 14.2. The summed E-state index contributed by atoms with van der Waals surface area (Å²) in [5.74, 6) is -2.80. The summed E-state index contributed by atoms with van der Waals surface area (Å²) in [6.07, 6.45) is 0. The number of amides is 1. The van der Waals surface area contributed by atoms with Crippen molar-refractivity contribution < 1.29 is 195 Å². The van der Waals surface area contributed by atoms with Gasteiger partial charge in [-0.2, -0.15) is 20.3 Å². The van der Waals surface area contributed by atoms with Crippen molar-refractivity contribution in [3.05, 3.63) is 109 Å². The second-order valence-electron chi connectivity index (χ2n) is 15.4. The van der Waals surface area contributed by atoms with Crippen LogP contribution in [0.25, 0.3) is 32.7 Å². The van der Waals surface area contributed by atoms with Crippen LogP contribution in [0.1, 0.15) is 6.92 Å². The van der Waals surface area contributed by atoms with E-state index in [9.17, 15) is 66.9 Å². The number of benzene rings is 7. The van der Waals surface area contributed by atoms with Crippen LogP contribution in [0.2, 0.25) is 0 Å². The van der Waals surface area contributed by atoms with E-state index in [2.05, 4.69) is 35.8 Å². The van der Waals surface area contributed by atoms with Crippen molar-refractivity contribution in [1.82, 2.24) is 0 Å². The van der Waals surface area contributed by atoms with Crippen LogP contribution in [0, 0.1) is 0 Å². The zero-order valence-electron chi connectivity index (χ0n) is 41.2. The summed E-state index contributed by atoms with van der Waals surface area (Å²) in [6, 6.07) is 21.1. The van der Waals surface area contributed by atoms with Gasteiger partial charge in [0.15, 0.2) is 17.5 Å². The van der Waals surface area contributed by atoms with Gasteiger partial charge in [-0.25, -0.2) is 33.7 Å². The van der Waals surface area contributed by atoms with Crippen molar-refractivity contribution >= 4 is 108 Å². The van der Waals surface area contributed by atoms with Gasteiger partial charge in [-0.1, -0.05) is 36.4 Å². The van der Waals surface area contributed by atoms with Gasteiger partial charge in [-0.05, 0) is 102 Å². The minimum absolute atomic E-state index is 0. The number of hydrogen-bond acceptors (Lipinski definition) is 24. The first kappa shape index (κ1) is 65.4. The van der Waals surface area contributed by atoms with E-state index in [0.29, 0.717) is 41.1 Å². The molecule has 0 saturated carbocycles. The second-order valence-corrected chi connectivity index (χ2v) is 20.9. The normalized spacial score (nSPS) is 14.1. The van der Waals surface area contributed by atoms with Crippen molar-refractivity contribution in [2.75, 3.05) is 19.2 Å². The molecular formula is C44H30N8Na4O17S4. The van der Waals surface area contributed by atoms with Crippen molar-refractivity contribution in [3.63, 3.8) is 0 Å². The molecule has 1 aliphatic rings. The number of carbonyl (C=O) groups excluding carboxylic acids is 1. The Bertz CT molecular complexity index is 4100. The van der Waals surface area contributed by atoms with Crippen molar-refractivity contribution in [1.29, 1.82) is 0 Å². The number of phenols is 2. The molecule has 0 saturated heterocycles. The number of carbonyl (C=O) groups is 1. The third kappa shape index (κ3) is 14.1. The van der Waals surface area contributed by atoms with E-state index < -0.39 is 111 Å². The number of ether oxygens (including phenoxy) is 2. The van der Waals surface area contributed by atoms with E-state index in [4.69, 9.17) is 9.47 Å². The first-order valence-electron chi connectivity index (χ1n) is 20.3. The predicted octanol–water partition coefficient (Wildman–Crippen LogP) is -4.57. The zero-order valence-corrected chi connectivity index (χ0v) is 52.5. The summed E-state index contributed by atoms with van der Waals surface area (Å²) in [7, 11) is -18.7. The SMILES string of the molecule is COc1cc(-c2ccc(N=Nc3c(O)c(S(=O)(=O)[O-])cc4cc(S(=O)(=O)[O-])ccc34)c(OC)c2)ccc1N=Nc1c(S(=O)(=O)[O-])cc2cc(S(=O)(=O)[O-])cc(N=NC3C(=O)N(c4ccccc4)N=C3C)c2c1O.[Na+].[Na+].[Na+].[Na+]. The average molecular weight is 1160 g/mol. The van der Waals surface area contributed by atoms with Crippen molar-refractivity contribution in [3.8, 4) is 34.1 Å². The number of hydrogen-bond donors (Lipinski definition) is 2. The predicted molar refractivity (Wildman–Crippen MR) is 252 cm³/mol. The van der Waals surface area contributed by atoms with Gasteiger partial charge in [-0.3, -0.25) is 4.79 Å². The Morgan fingerprint density at radius 1 is 0.545 bits per heavy atom. The molecule has 33 heteroatoms. The third-order valence-electron chi connectivity index (χ3n) is 10.8. The number of para-hydroxylation sites is 1. The smallest absolute Gasteiger partial charge is 0.744 e. The fourth-order valence-corrected chi connectivity index (χ4v) is 9.66. The van der Waals surface area contributed by atoms with Crippen LogP contribution in [0.15, 0.2) is 165 Å². The van der Waals surface area contributed by atoms with Gasteiger partial charge in [0.1, 0.15) is 74.7 Å².